The van der Waals surface area contributed by atoms with E-state index >= 15 is 0 Å². The van der Waals surface area contributed by atoms with Crippen molar-refractivity contribution in [2.45, 2.75) is 32.1 Å². The fraction of sp³-hybridized carbons (Fsp3) is 0.312. The van der Waals surface area contributed by atoms with Gasteiger partial charge in [0, 0.05) is 23.6 Å². The number of H-pyrrole nitrogens is 1. The molecule has 2 N–H and O–H groups in total. The van der Waals surface area contributed by atoms with Gasteiger partial charge < -0.3 is 10.1 Å². The molecule has 1 heterocycles. The Bertz CT molecular complexity index is 764. The Kier molecular flexibility index (Phi) is 3.33. The lowest BCUT2D eigenvalue weighted by atomic mass is 9.77. The fourth-order valence-corrected chi connectivity index (χ4v) is 2.83. The number of benzene rings is 1. The Morgan fingerprint density at radius 2 is 2.19 bits per heavy atom. The molecule has 0 saturated carbocycles. The zero-order chi connectivity index (χ0) is 15.0. The monoisotopic (exact) mass is 284 g/mol. The molecule has 5 nitrogen and oxygen atoms in total. The van der Waals surface area contributed by atoms with Crippen LogP contribution < -0.4 is 5.56 Å². The maximum Gasteiger partial charge on any atom is 0.303 e. The molecule has 1 unspecified atom stereocenters. The van der Waals surface area contributed by atoms with Gasteiger partial charge in [-0.15, -0.1) is 0 Å². The third kappa shape index (κ3) is 2.46. The van der Waals surface area contributed by atoms with Crippen LogP contribution in [0.4, 0.5) is 0 Å². The molecule has 0 amide bonds. The maximum absolute atomic E-state index is 12.1. The summed E-state index contributed by atoms with van der Waals surface area (Å²) in [6, 6.07) is 8.12. The Morgan fingerprint density at radius 3 is 2.86 bits per heavy atom. The summed E-state index contributed by atoms with van der Waals surface area (Å²) >= 11 is 0. The lowest BCUT2D eigenvalue weighted by molar-refractivity contribution is -0.136. The van der Waals surface area contributed by atoms with E-state index in [1.54, 1.807) is 6.92 Å². The van der Waals surface area contributed by atoms with E-state index in [9.17, 15) is 9.59 Å². The van der Waals surface area contributed by atoms with Crippen molar-refractivity contribution in [3.8, 4) is 0 Å². The highest BCUT2D eigenvalue weighted by Crippen LogP contribution is 2.38. The van der Waals surface area contributed by atoms with E-state index in [2.05, 4.69) is 22.1 Å². The van der Waals surface area contributed by atoms with Gasteiger partial charge in [-0.25, -0.2) is 4.98 Å². The van der Waals surface area contributed by atoms with E-state index in [0.29, 0.717) is 17.1 Å². The van der Waals surface area contributed by atoms with Crippen LogP contribution in [0.1, 0.15) is 40.5 Å². The molecule has 2 aromatic rings. The number of carboxylic acid groups (broad SMARTS) is 1. The van der Waals surface area contributed by atoms with Crippen molar-refractivity contribution >= 4 is 5.97 Å². The molecular formula is C16H16N2O3. The van der Waals surface area contributed by atoms with Gasteiger partial charge in [-0.3, -0.25) is 9.59 Å². The molecule has 1 aromatic carbocycles. The Balaban J connectivity index is 1.90. The summed E-state index contributed by atoms with van der Waals surface area (Å²) in [5.74, 6) is -0.0952. The first kappa shape index (κ1) is 13.5. The normalized spacial score (nSPS) is 16.1. The predicted octanol–water partition coefficient (Wildman–Crippen LogP) is 1.78. The van der Waals surface area contributed by atoms with Crippen molar-refractivity contribution in [2.24, 2.45) is 0 Å². The van der Waals surface area contributed by atoms with Gasteiger partial charge >= 0.3 is 5.97 Å². The minimum absolute atomic E-state index is 0.0583. The molecule has 0 saturated heterocycles. The second-order valence-corrected chi connectivity index (χ2v) is 5.36. The third-order valence-electron chi connectivity index (χ3n) is 4.01. The van der Waals surface area contributed by atoms with Gasteiger partial charge in [0.2, 0.25) is 0 Å². The Hall–Kier alpha value is -2.43. The first-order valence-corrected chi connectivity index (χ1v) is 6.95. The standard InChI is InChI=1S/C16H16N2O3/c1-9-11(6-7-14(19)20)16(21)18-15(17-9)13-8-10-4-2-3-5-12(10)13/h2-5,13H,6-8H2,1H3,(H,19,20)(H,17,18,21). The second-order valence-electron chi connectivity index (χ2n) is 5.36. The van der Waals surface area contributed by atoms with Crippen LogP contribution in [0.3, 0.4) is 0 Å². The molecular weight excluding hydrogens is 268 g/mol. The SMILES string of the molecule is Cc1nc(C2Cc3ccccc32)[nH]c(=O)c1CCC(=O)O. The van der Waals surface area contributed by atoms with Crippen molar-refractivity contribution in [3.63, 3.8) is 0 Å². The topological polar surface area (TPSA) is 83.0 Å². The van der Waals surface area contributed by atoms with Crippen LogP contribution in [0.15, 0.2) is 29.1 Å². The summed E-state index contributed by atoms with van der Waals surface area (Å²) in [5.41, 5.74) is 3.37. The van der Waals surface area contributed by atoms with Crippen molar-refractivity contribution in [2.75, 3.05) is 0 Å². The zero-order valence-electron chi connectivity index (χ0n) is 11.7. The molecule has 3 rings (SSSR count). The number of aromatic nitrogens is 2. The molecule has 0 bridgehead atoms. The summed E-state index contributed by atoms with van der Waals surface area (Å²) in [4.78, 5) is 30.1. The average molecular weight is 284 g/mol. The summed E-state index contributed by atoms with van der Waals surface area (Å²) in [7, 11) is 0. The van der Waals surface area contributed by atoms with Gasteiger partial charge in [-0.2, -0.15) is 0 Å². The molecule has 0 spiro atoms. The molecule has 1 aliphatic rings. The van der Waals surface area contributed by atoms with E-state index < -0.39 is 5.97 Å². The minimum Gasteiger partial charge on any atom is -0.481 e. The smallest absolute Gasteiger partial charge is 0.303 e. The number of nitrogens with zero attached hydrogens (tertiary/aromatic N) is 1. The fourth-order valence-electron chi connectivity index (χ4n) is 2.83. The van der Waals surface area contributed by atoms with E-state index in [1.807, 2.05) is 12.1 Å². The third-order valence-corrected chi connectivity index (χ3v) is 4.01. The van der Waals surface area contributed by atoms with Gasteiger partial charge in [-0.05, 0) is 30.9 Å². The zero-order valence-corrected chi connectivity index (χ0v) is 11.7. The molecule has 1 atom stereocenters. The van der Waals surface area contributed by atoms with Crippen molar-refractivity contribution in [3.05, 3.63) is 62.8 Å². The van der Waals surface area contributed by atoms with E-state index in [1.165, 1.54) is 11.1 Å². The molecule has 21 heavy (non-hydrogen) atoms. The first-order valence-electron chi connectivity index (χ1n) is 6.95. The molecule has 1 aromatic heterocycles. The van der Waals surface area contributed by atoms with Gasteiger partial charge in [0.25, 0.3) is 5.56 Å². The second kappa shape index (κ2) is 5.16. The minimum atomic E-state index is -0.911. The summed E-state index contributed by atoms with van der Waals surface area (Å²) in [5, 5.41) is 8.72. The van der Waals surface area contributed by atoms with E-state index in [0.717, 1.165) is 6.42 Å². The summed E-state index contributed by atoms with van der Waals surface area (Å²) < 4.78 is 0. The predicted molar refractivity (Wildman–Crippen MR) is 77.5 cm³/mol. The number of hydrogen-bond donors (Lipinski definition) is 2. The lowest BCUT2D eigenvalue weighted by Gasteiger charge is -2.29. The first-order chi connectivity index (χ1) is 10.1. The van der Waals surface area contributed by atoms with Crippen LogP contribution in [-0.2, 0) is 17.6 Å². The quantitative estimate of drug-likeness (QED) is 0.896. The van der Waals surface area contributed by atoms with Crippen LogP contribution in [0.25, 0.3) is 0 Å². The number of rotatable bonds is 4. The molecule has 5 heteroatoms. The molecule has 0 radical (unpaired) electrons. The number of fused-ring (bicyclic) bond motifs is 1. The largest absolute Gasteiger partial charge is 0.481 e. The number of aliphatic carboxylic acids is 1. The van der Waals surface area contributed by atoms with Crippen LogP contribution in [0, 0.1) is 6.92 Å². The highest BCUT2D eigenvalue weighted by atomic mass is 16.4. The molecule has 0 aliphatic heterocycles. The number of aryl methyl sites for hydroxylation is 1. The molecule has 1 aliphatic carbocycles. The number of aromatic amines is 1. The van der Waals surface area contributed by atoms with Crippen LogP contribution in [0.2, 0.25) is 0 Å². The van der Waals surface area contributed by atoms with Crippen LogP contribution in [-0.4, -0.2) is 21.0 Å². The number of hydrogen-bond acceptors (Lipinski definition) is 3. The van der Waals surface area contributed by atoms with Crippen molar-refractivity contribution in [1.29, 1.82) is 0 Å². The van der Waals surface area contributed by atoms with E-state index in [4.69, 9.17) is 5.11 Å². The Morgan fingerprint density at radius 1 is 1.43 bits per heavy atom. The van der Waals surface area contributed by atoms with Gasteiger partial charge in [0.15, 0.2) is 0 Å². The number of carboxylic acids is 1. The number of carbonyl (C=O) groups is 1. The summed E-state index contributed by atoms with van der Waals surface area (Å²) in [6.07, 6.45) is 1.04. The summed E-state index contributed by atoms with van der Waals surface area (Å²) in [6.45, 7) is 1.76. The van der Waals surface area contributed by atoms with Crippen LogP contribution >= 0.6 is 0 Å². The highest BCUT2D eigenvalue weighted by molar-refractivity contribution is 5.67. The van der Waals surface area contributed by atoms with Gasteiger partial charge in [0.1, 0.15) is 5.82 Å². The van der Waals surface area contributed by atoms with Crippen molar-refractivity contribution in [1.82, 2.24) is 9.97 Å². The van der Waals surface area contributed by atoms with Crippen LogP contribution in [0.5, 0.6) is 0 Å². The molecule has 108 valence electrons. The van der Waals surface area contributed by atoms with Crippen molar-refractivity contribution < 1.29 is 9.90 Å². The van der Waals surface area contributed by atoms with E-state index in [-0.39, 0.29) is 24.3 Å². The maximum atomic E-state index is 12.1. The number of nitrogens with one attached hydrogen (secondary N) is 1. The highest BCUT2D eigenvalue weighted by Gasteiger charge is 2.29. The lowest BCUT2D eigenvalue weighted by Crippen LogP contribution is -2.26. The Labute approximate surface area is 121 Å². The molecule has 0 fully saturated rings. The average Bonchev–Trinajstić information content (AvgIpc) is 2.39. The van der Waals surface area contributed by atoms with Gasteiger partial charge in [0.05, 0.1) is 0 Å². The van der Waals surface area contributed by atoms with Gasteiger partial charge in [-0.1, -0.05) is 24.3 Å².